The molecule has 2 aromatic heterocycles. The lowest BCUT2D eigenvalue weighted by Gasteiger charge is -2.35. The van der Waals surface area contributed by atoms with Gasteiger partial charge in [0.05, 0.1) is 0 Å². The first-order chi connectivity index (χ1) is 10.6. The summed E-state index contributed by atoms with van der Waals surface area (Å²) < 4.78 is 0. The molecule has 22 heavy (non-hydrogen) atoms. The summed E-state index contributed by atoms with van der Waals surface area (Å²) in [4.78, 5) is 11.1. The molecule has 2 aromatic rings. The molecule has 0 saturated heterocycles. The van der Waals surface area contributed by atoms with Crippen LogP contribution in [-0.2, 0) is 0 Å². The van der Waals surface area contributed by atoms with Crippen molar-refractivity contribution in [1.82, 2.24) is 20.6 Å². The van der Waals surface area contributed by atoms with Crippen molar-refractivity contribution in [1.29, 1.82) is 0 Å². The van der Waals surface area contributed by atoms with Gasteiger partial charge in [-0.1, -0.05) is 12.1 Å². The number of nitrogens with zero attached hydrogens (tertiary/aromatic N) is 3. The lowest BCUT2D eigenvalue weighted by molar-refractivity contribution is 0.368. The van der Waals surface area contributed by atoms with Gasteiger partial charge in [-0.15, -0.1) is 0 Å². The fraction of sp³-hybridized carbons (Fsp3) is 0.412. The van der Waals surface area contributed by atoms with Crippen molar-refractivity contribution in [2.24, 2.45) is 0 Å². The van der Waals surface area contributed by atoms with Crippen LogP contribution < -0.4 is 15.5 Å². The zero-order valence-corrected chi connectivity index (χ0v) is 13.7. The molecule has 0 bridgehead atoms. The Kier molecular flexibility index (Phi) is 5.86. The van der Waals surface area contributed by atoms with Gasteiger partial charge in [-0.2, -0.15) is 0 Å². The van der Waals surface area contributed by atoms with E-state index in [0.717, 1.165) is 11.6 Å². The summed E-state index contributed by atoms with van der Waals surface area (Å²) in [5.41, 5.74) is 0. The van der Waals surface area contributed by atoms with Gasteiger partial charge in [-0.25, -0.2) is 9.97 Å². The summed E-state index contributed by atoms with van der Waals surface area (Å²) in [6.07, 6.45) is 3.50. The van der Waals surface area contributed by atoms with Crippen LogP contribution in [0.2, 0.25) is 0 Å². The monoisotopic (exact) mass is 299 g/mol. The van der Waals surface area contributed by atoms with Crippen LogP contribution in [0.25, 0.3) is 0 Å². The summed E-state index contributed by atoms with van der Waals surface area (Å²) >= 11 is 0. The first-order valence-electron chi connectivity index (χ1n) is 7.71. The molecule has 0 spiro atoms. The topological polar surface area (TPSA) is 53.1 Å². The molecule has 0 fully saturated rings. The van der Waals surface area contributed by atoms with E-state index in [4.69, 9.17) is 0 Å². The third-order valence-electron chi connectivity index (χ3n) is 3.03. The molecule has 5 heteroatoms. The Morgan fingerprint density at radius 1 is 0.773 bits per heavy atom. The van der Waals surface area contributed by atoms with Crippen LogP contribution in [0.5, 0.6) is 0 Å². The molecule has 0 unspecified atom stereocenters. The maximum atomic E-state index is 4.50. The largest absolute Gasteiger partial charge is 0.282 e. The second kappa shape index (κ2) is 7.87. The Balaban J connectivity index is 2.41. The lowest BCUT2D eigenvalue weighted by Crippen LogP contribution is -2.57. The second-order valence-electron chi connectivity index (χ2n) is 5.79. The van der Waals surface area contributed by atoms with Crippen LogP contribution in [0.4, 0.5) is 11.6 Å². The van der Waals surface area contributed by atoms with Crippen molar-refractivity contribution in [2.45, 2.75) is 46.1 Å². The normalized spacial score (nSPS) is 11.4. The summed E-state index contributed by atoms with van der Waals surface area (Å²) in [6, 6.07) is 12.4. The van der Waals surface area contributed by atoms with E-state index in [1.807, 2.05) is 36.4 Å². The predicted octanol–water partition coefficient (Wildman–Crippen LogP) is 2.89. The highest BCUT2D eigenvalue weighted by molar-refractivity contribution is 5.56. The number of hydrogen-bond acceptors (Lipinski definition) is 5. The van der Waals surface area contributed by atoms with Crippen molar-refractivity contribution in [3.8, 4) is 0 Å². The van der Waals surface area contributed by atoms with Gasteiger partial charge in [-0.05, 0) is 52.0 Å². The van der Waals surface area contributed by atoms with E-state index in [1.165, 1.54) is 0 Å². The Morgan fingerprint density at radius 3 is 1.55 bits per heavy atom. The molecule has 0 aromatic carbocycles. The second-order valence-corrected chi connectivity index (χ2v) is 5.79. The van der Waals surface area contributed by atoms with E-state index in [1.54, 1.807) is 12.4 Å². The van der Waals surface area contributed by atoms with Crippen molar-refractivity contribution < 1.29 is 0 Å². The average Bonchev–Trinajstić information content (AvgIpc) is 2.48. The number of hydrogen-bond donors (Lipinski definition) is 2. The van der Waals surface area contributed by atoms with Crippen molar-refractivity contribution in [3.63, 3.8) is 0 Å². The maximum Gasteiger partial charge on any atom is 0.142 e. The van der Waals surface area contributed by atoms with E-state index in [0.29, 0.717) is 12.1 Å². The number of rotatable bonds is 7. The van der Waals surface area contributed by atoms with Gasteiger partial charge in [0.2, 0.25) is 0 Å². The molecule has 2 rings (SSSR count). The van der Waals surface area contributed by atoms with Gasteiger partial charge in [-0.3, -0.25) is 15.5 Å². The molecule has 2 heterocycles. The summed E-state index contributed by atoms with van der Waals surface area (Å²) in [6.45, 7) is 8.52. The minimum absolute atomic E-state index is 0.0928. The Hall–Kier alpha value is -1.98. The predicted molar refractivity (Wildman–Crippen MR) is 90.9 cm³/mol. The third kappa shape index (κ3) is 4.51. The van der Waals surface area contributed by atoms with Crippen LogP contribution in [0.15, 0.2) is 48.8 Å². The van der Waals surface area contributed by atoms with Crippen LogP contribution in [0.1, 0.15) is 27.7 Å². The van der Waals surface area contributed by atoms with Crippen LogP contribution in [-0.4, -0.2) is 28.3 Å². The lowest BCUT2D eigenvalue weighted by atomic mass is 10.3. The number of pyridine rings is 2. The van der Waals surface area contributed by atoms with Crippen LogP contribution in [0, 0.1) is 0 Å². The molecular weight excluding hydrogens is 274 g/mol. The molecule has 0 aliphatic carbocycles. The molecule has 0 aliphatic rings. The van der Waals surface area contributed by atoms with Gasteiger partial charge in [0, 0.05) is 24.5 Å². The van der Waals surface area contributed by atoms with Gasteiger partial charge >= 0.3 is 0 Å². The summed E-state index contributed by atoms with van der Waals surface area (Å²) in [5.74, 6) is 1.71. The number of aromatic nitrogens is 2. The van der Waals surface area contributed by atoms with E-state index in [9.17, 15) is 0 Å². The third-order valence-corrected chi connectivity index (χ3v) is 3.03. The van der Waals surface area contributed by atoms with Crippen LogP contribution in [0.3, 0.4) is 0 Å². The fourth-order valence-electron chi connectivity index (χ4n) is 2.20. The molecule has 2 N–H and O–H groups in total. The van der Waals surface area contributed by atoms with Crippen molar-refractivity contribution in [2.75, 3.05) is 4.90 Å². The highest BCUT2D eigenvalue weighted by atomic mass is 15.4. The van der Waals surface area contributed by atoms with Crippen molar-refractivity contribution in [3.05, 3.63) is 48.8 Å². The first kappa shape index (κ1) is 16.4. The Bertz CT molecular complexity index is 492. The van der Waals surface area contributed by atoms with Crippen LogP contribution >= 0.6 is 0 Å². The van der Waals surface area contributed by atoms with E-state index in [-0.39, 0.29) is 6.29 Å². The number of anilines is 2. The van der Waals surface area contributed by atoms with Gasteiger partial charge in [0.1, 0.15) is 17.9 Å². The average molecular weight is 299 g/mol. The van der Waals surface area contributed by atoms with Gasteiger partial charge < -0.3 is 0 Å². The smallest absolute Gasteiger partial charge is 0.142 e. The molecule has 0 saturated carbocycles. The number of nitrogens with one attached hydrogen (secondary N) is 2. The molecular formula is C17H25N5. The zero-order chi connectivity index (χ0) is 15.9. The molecule has 0 atom stereocenters. The highest BCUT2D eigenvalue weighted by Crippen LogP contribution is 2.22. The molecule has 5 nitrogen and oxygen atoms in total. The van der Waals surface area contributed by atoms with Crippen molar-refractivity contribution >= 4 is 11.6 Å². The van der Waals surface area contributed by atoms with Gasteiger partial charge in [0.25, 0.3) is 0 Å². The SMILES string of the molecule is CC(C)NC(NC(C)C)N(c1ccccn1)c1ccccn1. The van der Waals surface area contributed by atoms with E-state index >= 15 is 0 Å². The minimum Gasteiger partial charge on any atom is -0.282 e. The first-order valence-corrected chi connectivity index (χ1v) is 7.71. The Labute approximate surface area is 132 Å². The zero-order valence-electron chi connectivity index (χ0n) is 13.7. The molecule has 118 valence electrons. The standard InChI is InChI=1S/C17H25N5/c1-13(2)20-17(21-14(3)4)22(15-9-5-7-11-18-15)16-10-6-8-12-19-16/h5-14,17,20-21H,1-4H3. The highest BCUT2D eigenvalue weighted by Gasteiger charge is 2.23. The van der Waals surface area contributed by atoms with E-state index in [2.05, 4.69) is 53.2 Å². The van der Waals surface area contributed by atoms with Gasteiger partial charge in [0.15, 0.2) is 0 Å². The summed E-state index contributed by atoms with van der Waals surface area (Å²) in [7, 11) is 0. The minimum atomic E-state index is -0.0928. The molecule has 0 aliphatic heterocycles. The fourth-order valence-corrected chi connectivity index (χ4v) is 2.20. The van der Waals surface area contributed by atoms with E-state index < -0.39 is 0 Å². The summed E-state index contributed by atoms with van der Waals surface area (Å²) in [5, 5.41) is 7.09. The molecule has 0 radical (unpaired) electrons. The molecule has 0 amide bonds. The maximum absolute atomic E-state index is 4.50. The quantitative estimate of drug-likeness (QED) is 0.770. The Morgan fingerprint density at radius 2 is 1.23 bits per heavy atom.